The lowest BCUT2D eigenvalue weighted by molar-refractivity contribution is 0.598. The zero-order valence-corrected chi connectivity index (χ0v) is 12.7. The standard InChI is InChI=1S/C14H18N4O2S/c1-11-15-10-14(16-11)21(19,20)17-12-4-6-13(7-5-12)18-8-2-3-9-18/h4-7,10,17H,2-3,8-9H2,1H3,(H,15,16). The lowest BCUT2D eigenvalue weighted by Crippen LogP contribution is -2.17. The van der Waals surface area contributed by atoms with Gasteiger partial charge in [-0.3, -0.25) is 4.72 Å². The van der Waals surface area contributed by atoms with Gasteiger partial charge in [0.25, 0.3) is 10.0 Å². The summed E-state index contributed by atoms with van der Waals surface area (Å²) in [6.07, 6.45) is 3.75. The lowest BCUT2D eigenvalue weighted by Gasteiger charge is -2.17. The van der Waals surface area contributed by atoms with Crippen LogP contribution in [0.15, 0.2) is 35.5 Å². The molecule has 3 rings (SSSR count). The van der Waals surface area contributed by atoms with Crippen LogP contribution in [0.25, 0.3) is 0 Å². The van der Waals surface area contributed by atoms with Crippen LogP contribution in [0.4, 0.5) is 11.4 Å². The molecular weight excluding hydrogens is 288 g/mol. The Kier molecular flexibility index (Phi) is 3.59. The van der Waals surface area contributed by atoms with E-state index in [1.54, 1.807) is 19.1 Å². The molecule has 0 aliphatic carbocycles. The molecule has 0 spiro atoms. The number of aromatic amines is 1. The molecule has 1 saturated heterocycles. The molecule has 1 aliphatic rings. The van der Waals surface area contributed by atoms with Gasteiger partial charge in [-0.05, 0) is 44.0 Å². The highest BCUT2D eigenvalue weighted by molar-refractivity contribution is 7.92. The molecule has 7 heteroatoms. The Morgan fingerprint density at radius 2 is 1.86 bits per heavy atom. The summed E-state index contributed by atoms with van der Waals surface area (Å²) in [5.41, 5.74) is 1.68. The molecule has 1 fully saturated rings. The van der Waals surface area contributed by atoms with Crippen LogP contribution < -0.4 is 9.62 Å². The molecule has 0 unspecified atom stereocenters. The Hall–Kier alpha value is -2.02. The van der Waals surface area contributed by atoms with Gasteiger partial charge in [0, 0.05) is 24.5 Å². The number of nitrogens with zero attached hydrogens (tertiary/aromatic N) is 2. The second kappa shape index (κ2) is 5.40. The Balaban J connectivity index is 1.75. The van der Waals surface area contributed by atoms with Crippen molar-refractivity contribution >= 4 is 21.4 Å². The average molecular weight is 306 g/mol. The van der Waals surface area contributed by atoms with Gasteiger partial charge in [0.2, 0.25) is 0 Å². The Morgan fingerprint density at radius 3 is 2.43 bits per heavy atom. The molecule has 2 N–H and O–H groups in total. The van der Waals surface area contributed by atoms with E-state index in [-0.39, 0.29) is 5.03 Å². The largest absolute Gasteiger partial charge is 0.372 e. The number of imidazole rings is 1. The first-order chi connectivity index (χ1) is 10.0. The quantitative estimate of drug-likeness (QED) is 0.907. The van der Waals surface area contributed by atoms with E-state index in [0.29, 0.717) is 11.5 Å². The topological polar surface area (TPSA) is 78.1 Å². The first-order valence-corrected chi connectivity index (χ1v) is 8.42. The van der Waals surface area contributed by atoms with Crippen molar-refractivity contribution in [2.45, 2.75) is 24.8 Å². The fourth-order valence-electron chi connectivity index (χ4n) is 2.46. The molecular formula is C14H18N4O2S. The molecule has 2 heterocycles. The highest BCUT2D eigenvalue weighted by atomic mass is 32.2. The molecule has 0 radical (unpaired) electrons. The van der Waals surface area contributed by atoms with Crippen LogP contribution in [0, 0.1) is 6.92 Å². The molecule has 21 heavy (non-hydrogen) atoms. The van der Waals surface area contributed by atoms with Crippen molar-refractivity contribution in [2.75, 3.05) is 22.7 Å². The number of hydrogen-bond acceptors (Lipinski definition) is 4. The molecule has 1 aromatic carbocycles. The van der Waals surface area contributed by atoms with Gasteiger partial charge in [-0.15, -0.1) is 0 Å². The van der Waals surface area contributed by atoms with Crippen LogP contribution in [0.3, 0.4) is 0 Å². The molecule has 1 aliphatic heterocycles. The summed E-state index contributed by atoms with van der Waals surface area (Å²) in [4.78, 5) is 8.93. The van der Waals surface area contributed by atoms with E-state index in [9.17, 15) is 8.42 Å². The minimum Gasteiger partial charge on any atom is -0.372 e. The average Bonchev–Trinajstić information content (AvgIpc) is 3.10. The van der Waals surface area contributed by atoms with Crippen LogP contribution in [0.2, 0.25) is 0 Å². The number of sulfonamides is 1. The number of nitrogens with one attached hydrogen (secondary N) is 2. The van der Waals surface area contributed by atoms with Gasteiger partial charge in [0.05, 0.1) is 6.20 Å². The number of rotatable bonds is 4. The van der Waals surface area contributed by atoms with Gasteiger partial charge in [-0.2, -0.15) is 8.42 Å². The highest BCUT2D eigenvalue weighted by Crippen LogP contribution is 2.23. The Morgan fingerprint density at radius 1 is 1.19 bits per heavy atom. The number of anilines is 2. The number of benzene rings is 1. The van der Waals surface area contributed by atoms with Crippen LogP contribution in [-0.2, 0) is 10.0 Å². The van der Waals surface area contributed by atoms with E-state index in [1.807, 2.05) is 12.1 Å². The molecule has 0 amide bonds. The van der Waals surface area contributed by atoms with Crippen molar-refractivity contribution in [2.24, 2.45) is 0 Å². The molecule has 1 aromatic heterocycles. The van der Waals surface area contributed by atoms with Gasteiger partial charge >= 0.3 is 0 Å². The molecule has 2 aromatic rings. The van der Waals surface area contributed by atoms with E-state index >= 15 is 0 Å². The van der Waals surface area contributed by atoms with Crippen molar-refractivity contribution in [1.82, 2.24) is 9.97 Å². The minimum absolute atomic E-state index is 0.0728. The summed E-state index contributed by atoms with van der Waals surface area (Å²) in [7, 11) is -3.61. The third-order valence-corrected chi connectivity index (χ3v) is 4.85. The monoisotopic (exact) mass is 306 g/mol. The molecule has 0 atom stereocenters. The second-order valence-corrected chi connectivity index (χ2v) is 6.83. The third kappa shape index (κ3) is 3.02. The van der Waals surface area contributed by atoms with E-state index in [0.717, 1.165) is 18.8 Å². The zero-order valence-electron chi connectivity index (χ0n) is 11.8. The normalized spacial score (nSPS) is 15.4. The van der Waals surface area contributed by atoms with E-state index in [2.05, 4.69) is 19.6 Å². The Bertz CT molecular complexity index is 716. The fraction of sp³-hybridized carbons (Fsp3) is 0.357. The first kappa shape index (κ1) is 13.9. The molecule has 6 nitrogen and oxygen atoms in total. The van der Waals surface area contributed by atoms with Crippen LogP contribution in [-0.4, -0.2) is 31.5 Å². The summed E-state index contributed by atoms with van der Waals surface area (Å²) in [6.45, 7) is 3.85. The second-order valence-electron chi connectivity index (χ2n) is 5.18. The number of hydrogen-bond donors (Lipinski definition) is 2. The maximum atomic E-state index is 12.2. The smallest absolute Gasteiger partial charge is 0.278 e. The zero-order chi connectivity index (χ0) is 14.9. The number of H-pyrrole nitrogens is 1. The van der Waals surface area contributed by atoms with Crippen LogP contribution in [0.1, 0.15) is 18.7 Å². The third-order valence-electron chi connectivity index (χ3n) is 3.56. The maximum absolute atomic E-state index is 12.2. The lowest BCUT2D eigenvalue weighted by atomic mass is 10.2. The van der Waals surface area contributed by atoms with Crippen molar-refractivity contribution in [3.05, 3.63) is 36.3 Å². The van der Waals surface area contributed by atoms with Crippen LogP contribution in [0.5, 0.6) is 0 Å². The van der Waals surface area contributed by atoms with Crippen molar-refractivity contribution in [1.29, 1.82) is 0 Å². The van der Waals surface area contributed by atoms with E-state index in [1.165, 1.54) is 19.0 Å². The Labute approximate surface area is 124 Å². The predicted octanol–water partition coefficient (Wildman–Crippen LogP) is 2.12. The first-order valence-electron chi connectivity index (χ1n) is 6.94. The van der Waals surface area contributed by atoms with Gasteiger partial charge in [0.15, 0.2) is 5.03 Å². The molecule has 0 saturated carbocycles. The van der Waals surface area contributed by atoms with E-state index < -0.39 is 10.0 Å². The van der Waals surface area contributed by atoms with Gasteiger partial charge < -0.3 is 9.88 Å². The van der Waals surface area contributed by atoms with E-state index in [4.69, 9.17) is 0 Å². The summed E-state index contributed by atoms with van der Waals surface area (Å²) < 4.78 is 26.9. The predicted molar refractivity (Wildman–Crippen MR) is 82.0 cm³/mol. The van der Waals surface area contributed by atoms with Gasteiger partial charge in [-0.1, -0.05) is 0 Å². The summed E-state index contributed by atoms with van der Waals surface area (Å²) in [5.74, 6) is 0.569. The van der Waals surface area contributed by atoms with Crippen molar-refractivity contribution in [3.8, 4) is 0 Å². The summed E-state index contributed by atoms with van der Waals surface area (Å²) >= 11 is 0. The van der Waals surface area contributed by atoms with Crippen molar-refractivity contribution in [3.63, 3.8) is 0 Å². The SMILES string of the molecule is Cc1ncc(S(=O)(=O)Nc2ccc(N3CCCC3)cc2)[nH]1. The van der Waals surface area contributed by atoms with Gasteiger partial charge in [-0.25, -0.2) is 4.98 Å². The maximum Gasteiger partial charge on any atom is 0.278 e. The number of aryl methyl sites for hydroxylation is 1. The number of aromatic nitrogens is 2. The van der Waals surface area contributed by atoms with Crippen LogP contribution >= 0.6 is 0 Å². The fourth-order valence-corrected chi connectivity index (χ4v) is 3.49. The van der Waals surface area contributed by atoms with Gasteiger partial charge in [0.1, 0.15) is 5.82 Å². The summed E-state index contributed by atoms with van der Waals surface area (Å²) in [6, 6.07) is 7.46. The molecule has 0 bridgehead atoms. The summed E-state index contributed by atoms with van der Waals surface area (Å²) in [5, 5.41) is 0.0728. The minimum atomic E-state index is -3.61. The highest BCUT2D eigenvalue weighted by Gasteiger charge is 2.17. The van der Waals surface area contributed by atoms with Crippen molar-refractivity contribution < 1.29 is 8.42 Å². The molecule has 112 valence electrons.